The maximum absolute atomic E-state index is 11.5. The van der Waals surface area contributed by atoms with E-state index in [0.717, 1.165) is 74.1 Å². The third kappa shape index (κ3) is 4.47. The van der Waals surface area contributed by atoms with Crippen molar-refractivity contribution in [3.05, 3.63) is 18.6 Å². The molecule has 2 aliphatic rings. The molecule has 0 bridgehead atoms. The number of rotatable bonds is 7. The Morgan fingerprint density at radius 1 is 1.24 bits per heavy atom. The van der Waals surface area contributed by atoms with Crippen molar-refractivity contribution in [1.29, 1.82) is 0 Å². The fourth-order valence-corrected chi connectivity index (χ4v) is 5.15. The number of fused-ring (bicyclic) bond motifs is 1. The SMILES string of the molecule is CCN(CC1CCC(C)CC1)c1ncnc2c1ccn2C[C@@H]1CCNCC1C=O. The van der Waals surface area contributed by atoms with E-state index >= 15 is 0 Å². The van der Waals surface area contributed by atoms with E-state index in [1.807, 2.05) is 0 Å². The number of nitrogens with one attached hydrogen (secondary N) is 1. The molecule has 29 heavy (non-hydrogen) atoms. The first-order valence-electron chi connectivity index (χ1n) is 11.4. The number of aldehydes is 1. The summed E-state index contributed by atoms with van der Waals surface area (Å²) in [5.74, 6) is 3.16. The summed E-state index contributed by atoms with van der Waals surface area (Å²) in [5.41, 5.74) is 0.994. The molecule has 6 heteroatoms. The molecule has 0 spiro atoms. The summed E-state index contributed by atoms with van der Waals surface area (Å²) in [6, 6.07) is 2.16. The zero-order valence-corrected chi connectivity index (χ0v) is 17.9. The molecule has 2 atom stereocenters. The van der Waals surface area contributed by atoms with E-state index in [2.05, 4.69) is 50.9 Å². The number of hydrogen-bond acceptors (Lipinski definition) is 5. The molecule has 2 fully saturated rings. The number of hydrogen-bond donors (Lipinski definition) is 1. The lowest BCUT2D eigenvalue weighted by atomic mass is 9.83. The van der Waals surface area contributed by atoms with Crippen molar-refractivity contribution in [3.63, 3.8) is 0 Å². The Bertz CT molecular complexity index is 811. The summed E-state index contributed by atoms with van der Waals surface area (Å²) < 4.78 is 2.23. The maximum Gasteiger partial charge on any atom is 0.145 e. The Labute approximate surface area is 174 Å². The van der Waals surface area contributed by atoms with Crippen molar-refractivity contribution in [1.82, 2.24) is 19.9 Å². The van der Waals surface area contributed by atoms with Crippen molar-refractivity contribution < 1.29 is 4.79 Å². The van der Waals surface area contributed by atoms with Crippen LogP contribution in [0.15, 0.2) is 18.6 Å². The monoisotopic (exact) mass is 397 g/mol. The van der Waals surface area contributed by atoms with Crippen molar-refractivity contribution in [2.24, 2.45) is 23.7 Å². The molecule has 1 aliphatic heterocycles. The third-order valence-corrected chi connectivity index (χ3v) is 7.11. The Morgan fingerprint density at radius 3 is 2.83 bits per heavy atom. The van der Waals surface area contributed by atoms with Gasteiger partial charge in [-0.1, -0.05) is 19.8 Å². The van der Waals surface area contributed by atoms with Gasteiger partial charge in [0.15, 0.2) is 0 Å². The van der Waals surface area contributed by atoms with Crippen LogP contribution >= 0.6 is 0 Å². The van der Waals surface area contributed by atoms with Gasteiger partial charge in [-0.05, 0) is 56.6 Å². The van der Waals surface area contributed by atoms with Crippen LogP contribution in [-0.4, -0.2) is 47.0 Å². The molecular weight excluding hydrogens is 362 g/mol. The van der Waals surface area contributed by atoms with Crippen LogP contribution in [0.4, 0.5) is 5.82 Å². The minimum atomic E-state index is 0.0864. The van der Waals surface area contributed by atoms with Crippen LogP contribution < -0.4 is 10.2 Å². The Morgan fingerprint density at radius 2 is 2.07 bits per heavy atom. The summed E-state index contributed by atoms with van der Waals surface area (Å²) >= 11 is 0. The first-order chi connectivity index (χ1) is 14.2. The lowest BCUT2D eigenvalue weighted by molar-refractivity contribution is -0.113. The predicted molar refractivity (Wildman–Crippen MR) is 117 cm³/mol. The van der Waals surface area contributed by atoms with E-state index in [4.69, 9.17) is 0 Å². The fraction of sp³-hybridized carbons (Fsp3) is 0.696. The summed E-state index contributed by atoms with van der Waals surface area (Å²) in [4.78, 5) is 23.2. The Hall–Kier alpha value is -1.95. The molecule has 1 saturated heterocycles. The van der Waals surface area contributed by atoms with Gasteiger partial charge in [-0.2, -0.15) is 0 Å². The number of carbonyl (C=O) groups is 1. The lowest BCUT2D eigenvalue weighted by Gasteiger charge is -2.32. The highest BCUT2D eigenvalue weighted by atomic mass is 16.1. The highest BCUT2D eigenvalue weighted by Gasteiger charge is 2.26. The summed E-state index contributed by atoms with van der Waals surface area (Å²) in [5, 5.41) is 4.47. The van der Waals surface area contributed by atoms with Crippen LogP contribution in [0.25, 0.3) is 11.0 Å². The highest BCUT2D eigenvalue weighted by Crippen LogP contribution is 2.32. The van der Waals surface area contributed by atoms with Gasteiger partial charge in [-0.3, -0.25) is 0 Å². The molecule has 3 heterocycles. The van der Waals surface area contributed by atoms with Crippen LogP contribution in [0.5, 0.6) is 0 Å². The molecule has 0 aromatic carbocycles. The van der Waals surface area contributed by atoms with Gasteiger partial charge in [0.05, 0.1) is 5.39 Å². The van der Waals surface area contributed by atoms with E-state index in [0.29, 0.717) is 5.92 Å². The molecule has 0 amide bonds. The fourth-order valence-electron chi connectivity index (χ4n) is 5.15. The number of aromatic nitrogens is 3. The molecule has 1 N–H and O–H groups in total. The highest BCUT2D eigenvalue weighted by molar-refractivity contribution is 5.87. The second-order valence-electron chi connectivity index (χ2n) is 9.12. The molecule has 2 aromatic rings. The minimum absolute atomic E-state index is 0.0864. The van der Waals surface area contributed by atoms with Gasteiger partial charge in [0, 0.05) is 38.3 Å². The number of anilines is 1. The Balaban J connectivity index is 1.53. The summed E-state index contributed by atoms with van der Waals surface area (Å²) in [6.07, 6.45) is 11.3. The van der Waals surface area contributed by atoms with Gasteiger partial charge in [-0.25, -0.2) is 9.97 Å². The van der Waals surface area contributed by atoms with Gasteiger partial charge in [0.2, 0.25) is 0 Å². The number of piperidine rings is 1. The average Bonchev–Trinajstić information content (AvgIpc) is 3.17. The predicted octanol–water partition coefficient (Wildman–Crippen LogP) is 3.51. The van der Waals surface area contributed by atoms with Crippen LogP contribution in [0.3, 0.4) is 0 Å². The van der Waals surface area contributed by atoms with Crippen molar-refractivity contribution in [3.8, 4) is 0 Å². The molecule has 1 saturated carbocycles. The standard InChI is InChI=1S/C23H35N5O/c1-3-27(13-18-6-4-17(2)5-7-18)22-21-9-11-28(23(21)26-16-25-22)14-19-8-10-24-12-20(19)15-29/h9,11,15-20,24H,3-8,10,12-14H2,1-2H3/t17?,18?,19-,20?/m0/s1. The smallest absolute Gasteiger partial charge is 0.145 e. The zero-order chi connectivity index (χ0) is 20.2. The first-order valence-corrected chi connectivity index (χ1v) is 11.4. The average molecular weight is 398 g/mol. The molecule has 2 aromatic heterocycles. The molecule has 4 rings (SSSR count). The van der Waals surface area contributed by atoms with E-state index in [9.17, 15) is 4.79 Å². The van der Waals surface area contributed by atoms with Crippen molar-refractivity contribution >= 4 is 23.1 Å². The Kier molecular flexibility index (Phi) is 6.48. The molecule has 1 aliphatic carbocycles. The van der Waals surface area contributed by atoms with E-state index < -0.39 is 0 Å². The topological polar surface area (TPSA) is 63.1 Å². The molecule has 158 valence electrons. The molecule has 6 nitrogen and oxygen atoms in total. The van der Waals surface area contributed by atoms with Crippen LogP contribution in [-0.2, 0) is 11.3 Å². The zero-order valence-electron chi connectivity index (χ0n) is 17.9. The van der Waals surface area contributed by atoms with Crippen molar-refractivity contribution in [2.45, 2.75) is 52.5 Å². The van der Waals surface area contributed by atoms with Gasteiger partial charge in [0.1, 0.15) is 24.1 Å². The maximum atomic E-state index is 11.5. The first kappa shape index (κ1) is 20.3. The second-order valence-corrected chi connectivity index (χ2v) is 9.12. The largest absolute Gasteiger partial charge is 0.356 e. The quantitative estimate of drug-likeness (QED) is 0.725. The van der Waals surface area contributed by atoms with Crippen LogP contribution in [0.1, 0.15) is 46.0 Å². The normalized spacial score (nSPS) is 27.8. The van der Waals surface area contributed by atoms with Crippen LogP contribution in [0, 0.1) is 23.7 Å². The van der Waals surface area contributed by atoms with E-state index in [-0.39, 0.29) is 5.92 Å². The minimum Gasteiger partial charge on any atom is -0.356 e. The van der Waals surface area contributed by atoms with Crippen LogP contribution in [0.2, 0.25) is 0 Å². The van der Waals surface area contributed by atoms with Gasteiger partial charge in [-0.15, -0.1) is 0 Å². The van der Waals surface area contributed by atoms with E-state index in [1.165, 1.54) is 25.7 Å². The summed E-state index contributed by atoms with van der Waals surface area (Å²) in [6.45, 7) is 9.27. The second kappa shape index (κ2) is 9.24. The molecule has 0 radical (unpaired) electrons. The molecular formula is C23H35N5O. The summed E-state index contributed by atoms with van der Waals surface area (Å²) in [7, 11) is 0. The lowest BCUT2D eigenvalue weighted by Crippen LogP contribution is -2.39. The van der Waals surface area contributed by atoms with E-state index in [1.54, 1.807) is 6.33 Å². The van der Waals surface area contributed by atoms with Crippen molar-refractivity contribution in [2.75, 3.05) is 31.1 Å². The van der Waals surface area contributed by atoms with Gasteiger partial charge >= 0.3 is 0 Å². The van der Waals surface area contributed by atoms with Gasteiger partial charge < -0.3 is 19.6 Å². The molecule has 1 unspecified atom stereocenters. The third-order valence-electron chi connectivity index (χ3n) is 7.11. The van der Waals surface area contributed by atoms with Gasteiger partial charge in [0.25, 0.3) is 0 Å². The number of carbonyl (C=O) groups excluding carboxylic acids is 1. The number of nitrogens with zero attached hydrogens (tertiary/aromatic N) is 4.